The van der Waals surface area contributed by atoms with E-state index in [0.717, 1.165) is 24.8 Å². The second kappa shape index (κ2) is 8.19. The van der Waals surface area contributed by atoms with E-state index in [1.165, 1.54) is 27.4 Å². The zero-order chi connectivity index (χ0) is 19.4. The summed E-state index contributed by atoms with van der Waals surface area (Å²) in [5.41, 5.74) is 0.927. The summed E-state index contributed by atoms with van der Waals surface area (Å²) in [6.45, 7) is 1.23. The standard InChI is InChI=1S/C20H23FN2O3S/c1-22(15-16-9-11-17(21)12-10-16)20(24)18-7-3-4-8-19(18)27(25,26)23-13-5-2-6-14-23/h3-4,7-12H,2,5-6,13-15H2,1H3. The molecule has 0 atom stereocenters. The third-order valence-corrected chi connectivity index (χ3v) is 6.69. The average Bonchev–Trinajstić information content (AvgIpc) is 2.69. The first kappa shape index (κ1) is 19.5. The summed E-state index contributed by atoms with van der Waals surface area (Å²) in [6, 6.07) is 12.2. The Bertz CT molecular complexity index is 907. The van der Waals surface area contributed by atoms with Crippen molar-refractivity contribution in [2.24, 2.45) is 0 Å². The number of carbonyl (C=O) groups excluding carboxylic acids is 1. The highest BCUT2D eigenvalue weighted by atomic mass is 32.2. The molecule has 2 aromatic rings. The number of piperidine rings is 1. The Labute approximate surface area is 159 Å². The third-order valence-electron chi connectivity index (χ3n) is 4.73. The smallest absolute Gasteiger partial charge is 0.255 e. The van der Waals surface area contributed by atoms with Crippen molar-refractivity contribution in [3.63, 3.8) is 0 Å². The van der Waals surface area contributed by atoms with Gasteiger partial charge in [-0.25, -0.2) is 12.8 Å². The normalized spacial score (nSPS) is 15.5. The van der Waals surface area contributed by atoms with Crippen molar-refractivity contribution in [1.82, 2.24) is 9.21 Å². The molecular formula is C20H23FN2O3S. The molecular weight excluding hydrogens is 367 g/mol. The van der Waals surface area contributed by atoms with E-state index in [0.29, 0.717) is 13.1 Å². The molecule has 1 aliphatic heterocycles. The summed E-state index contributed by atoms with van der Waals surface area (Å²) >= 11 is 0. The van der Waals surface area contributed by atoms with Crippen molar-refractivity contribution in [2.45, 2.75) is 30.7 Å². The Morgan fingerprint density at radius 2 is 1.67 bits per heavy atom. The molecule has 1 fully saturated rings. The van der Waals surface area contributed by atoms with E-state index in [1.807, 2.05) is 0 Å². The Kier molecular flexibility index (Phi) is 5.92. The minimum atomic E-state index is -3.71. The number of hydrogen-bond donors (Lipinski definition) is 0. The summed E-state index contributed by atoms with van der Waals surface area (Å²) in [5, 5.41) is 0. The van der Waals surface area contributed by atoms with Gasteiger partial charge in [0.1, 0.15) is 5.82 Å². The van der Waals surface area contributed by atoms with Crippen LogP contribution in [0.5, 0.6) is 0 Å². The van der Waals surface area contributed by atoms with Gasteiger partial charge >= 0.3 is 0 Å². The molecule has 144 valence electrons. The molecule has 2 aromatic carbocycles. The number of carbonyl (C=O) groups is 1. The topological polar surface area (TPSA) is 57.7 Å². The van der Waals surface area contributed by atoms with Crippen LogP contribution in [0.4, 0.5) is 4.39 Å². The van der Waals surface area contributed by atoms with E-state index in [2.05, 4.69) is 0 Å². The molecule has 0 aromatic heterocycles. The van der Waals surface area contributed by atoms with Gasteiger partial charge in [0, 0.05) is 26.7 Å². The molecule has 5 nitrogen and oxygen atoms in total. The van der Waals surface area contributed by atoms with Gasteiger partial charge in [-0.15, -0.1) is 0 Å². The maximum atomic E-state index is 13.1. The van der Waals surface area contributed by atoms with Gasteiger partial charge in [0.05, 0.1) is 10.5 Å². The van der Waals surface area contributed by atoms with Crippen molar-refractivity contribution in [1.29, 1.82) is 0 Å². The van der Waals surface area contributed by atoms with Gasteiger partial charge in [-0.2, -0.15) is 4.31 Å². The van der Waals surface area contributed by atoms with Gasteiger partial charge in [-0.05, 0) is 42.7 Å². The van der Waals surface area contributed by atoms with Gasteiger partial charge in [0.2, 0.25) is 10.0 Å². The van der Waals surface area contributed by atoms with Gasteiger partial charge in [0.15, 0.2) is 0 Å². The summed E-state index contributed by atoms with van der Waals surface area (Å²) < 4.78 is 40.6. The van der Waals surface area contributed by atoms with E-state index in [4.69, 9.17) is 0 Å². The lowest BCUT2D eigenvalue weighted by Crippen LogP contribution is -2.37. The first-order chi connectivity index (χ1) is 12.9. The first-order valence-corrected chi connectivity index (χ1v) is 10.4. The minimum absolute atomic E-state index is 0.0443. The third kappa shape index (κ3) is 4.36. The van der Waals surface area contributed by atoms with Crippen molar-refractivity contribution in [3.8, 4) is 0 Å². The van der Waals surface area contributed by atoms with Crippen LogP contribution in [0.25, 0.3) is 0 Å². The lowest BCUT2D eigenvalue weighted by Gasteiger charge is -2.27. The van der Waals surface area contributed by atoms with E-state index in [-0.39, 0.29) is 28.7 Å². The minimum Gasteiger partial charge on any atom is -0.337 e. The van der Waals surface area contributed by atoms with Crippen molar-refractivity contribution >= 4 is 15.9 Å². The number of nitrogens with zero attached hydrogens (tertiary/aromatic N) is 2. The molecule has 0 saturated carbocycles. The van der Waals surface area contributed by atoms with Gasteiger partial charge < -0.3 is 4.90 Å². The van der Waals surface area contributed by atoms with Crippen LogP contribution >= 0.6 is 0 Å². The van der Waals surface area contributed by atoms with Crippen LogP contribution in [-0.2, 0) is 16.6 Å². The van der Waals surface area contributed by atoms with Crippen LogP contribution in [0, 0.1) is 5.82 Å². The molecule has 1 amide bonds. The van der Waals surface area contributed by atoms with E-state index < -0.39 is 10.0 Å². The van der Waals surface area contributed by atoms with Gasteiger partial charge in [-0.3, -0.25) is 4.79 Å². The first-order valence-electron chi connectivity index (χ1n) is 8.98. The number of hydrogen-bond acceptors (Lipinski definition) is 3. The Morgan fingerprint density at radius 3 is 2.33 bits per heavy atom. The predicted molar refractivity (Wildman–Crippen MR) is 101 cm³/mol. The number of benzene rings is 2. The van der Waals surface area contributed by atoms with Gasteiger partial charge in [-0.1, -0.05) is 30.7 Å². The highest BCUT2D eigenvalue weighted by Crippen LogP contribution is 2.24. The molecule has 0 aliphatic carbocycles. The van der Waals surface area contributed by atoms with Gasteiger partial charge in [0.25, 0.3) is 5.91 Å². The predicted octanol–water partition coefficient (Wildman–Crippen LogP) is 3.27. The Balaban J connectivity index is 1.86. The van der Waals surface area contributed by atoms with Crippen LogP contribution in [0.3, 0.4) is 0 Å². The largest absolute Gasteiger partial charge is 0.337 e. The fraction of sp³-hybridized carbons (Fsp3) is 0.350. The van der Waals surface area contributed by atoms with Crippen LogP contribution in [0.15, 0.2) is 53.4 Å². The monoisotopic (exact) mass is 390 g/mol. The molecule has 1 aliphatic rings. The summed E-state index contributed by atoms with van der Waals surface area (Å²) in [7, 11) is -2.11. The van der Waals surface area contributed by atoms with Crippen LogP contribution in [0.2, 0.25) is 0 Å². The molecule has 0 unspecified atom stereocenters. The molecule has 27 heavy (non-hydrogen) atoms. The molecule has 3 rings (SSSR count). The van der Waals surface area contributed by atoms with Crippen molar-refractivity contribution in [2.75, 3.05) is 20.1 Å². The lowest BCUT2D eigenvalue weighted by atomic mass is 10.1. The van der Waals surface area contributed by atoms with Crippen LogP contribution in [-0.4, -0.2) is 43.7 Å². The SMILES string of the molecule is CN(Cc1ccc(F)cc1)C(=O)c1ccccc1S(=O)(=O)N1CCCCC1. The summed E-state index contributed by atoms with van der Waals surface area (Å²) in [5.74, 6) is -0.721. The highest BCUT2D eigenvalue weighted by Gasteiger charge is 2.30. The second-order valence-corrected chi connectivity index (χ2v) is 8.65. The van der Waals surface area contributed by atoms with E-state index >= 15 is 0 Å². The van der Waals surface area contributed by atoms with E-state index in [1.54, 1.807) is 37.4 Å². The molecule has 7 heteroatoms. The molecule has 0 bridgehead atoms. The van der Waals surface area contributed by atoms with E-state index in [9.17, 15) is 17.6 Å². The fourth-order valence-corrected chi connectivity index (χ4v) is 4.95. The lowest BCUT2D eigenvalue weighted by molar-refractivity contribution is 0.0781. The Morgan fingerprint density at radius 1 is 1.04 bits per heavy atom. The average molecular weight is 390 g/mol. The summed E-state index contributed by atoms with van der Waals surface area (Å²) in [6.07, 6.45) is 2.69. The maximum absolute atomic E-state index is 13.1. The molecule has 0 radical (unpaired) electrons. The van der Waals surface area contributed by atoms with Crippen molar-refractivity contribution in [3.05, 3.63) is 65.5 Å². The number of halogens is 1. The highest BCUT2D eigenvalue weighted by molar-refractivity contribution is 7.89. The Hall–Kier alpha value is -2.25. The molecule has 1 heterocycles. The number of sulfonamides is 1. The van der Waals surface area contributed by atoms with Crippen LogP contribution < -0.4 is 0 Å². The van der Waals surface area contributed by atoms with Crippen molar-refractivity contribution < 1.29 is 17.6 Å². The number of rotatable bonds is 5. The molecule has 0 N–H and O–H groups in total. The second-order valence-electron chi connectivity index (χ2n) is 6.75. The summed E-state index contributed by atoms with van der Waals surface area (Å²) in [4.78, 5) is 14.4. The quantitative estimate of drug-likeness (QED) is 0.787. The zero-order valence-corrected chi connectivity index (χ0v) is 16.1. The van der Waals surface area contributed by atoms with Crippen LogP contribution in [0.1, 0.15) is 35.2 Å². The molecule has 0 spiro atoms. The molecule has 1 saturated heterocycles. The number of amides is 1. The zero-order valence-electron chi connectivity index (χ0n) is 15.3. The maximum Gasteiger partial charge on any atom is 0.255 e. The fourth-order valence-electron chi connectivity index (χ4n) is 3.25.